The molecule has 0 amide bonds. The third-order valence-electron chi connectivity index (χ3n) is 5.92. The van der Waals surface area contributed by atoms with Gasteiger partial charge >= 0.3 is 0 Å². The number of rotatable bonds is 6. The quantitative estimate of drug-likeness (QED) is 0.125. The maximum Gasteiger partial charge on any atom is 0.119 e. The molecule has 0 aliphatic rings. The van der Waals surface area contributed by atoms with Crippen molar-refractivity contribution in [2.24, 2.45) is 0 Å². The zero-order chi connectivity index (χ0) is 27.9. The van der Waals surface area contributed by atoms with Crippen molar-refractivity contribution in [1.29, 1.82) is 21.6 Å². The smallest absolute Gasteiger partial charge is 0.119 e. The van der Waals surface area contributed by atoms with Gasteiger partial charge in [0, 0.05) is 22.3 Å². The van der Waals surface area contributed by atoms with E-state index in [9.17, 15) is 0 Å². The van der Waals surface area contributed by atoms with Crippen LogP contribution in [0, 0.1) is 21.6 Å². The van der Waals surface area contributed by atoms with Crippen LogP contribution >= 0.6 is 23.5 Å². The number of nitrogens with one attached hydrogen (secondary N) is 4. The van der Waals surface area contributed by atoms with Gasteiger partial charge < -0.3 is 0 Å². The van der Waals surface area contributed by atoms with Crippen molar-refractivity contribution >= 4 is 43.7 Å². The third-order valence-corrected chi connectivity index (χ3v) is 7.63. The predicted molar refractivity (Wildman–Crippen MR) is 168 cm³/mol. The van der Waals surface area contributed by atoms with Crippen LogP contribution in [0.5, 0.6) is 0 Å². The van der Waals surface area contributed by atoms with Crippen molar-refractivity contribution in [3.8, 4) is 22.5 Å². The third kappa shape index (κ3) is 6.48. The fraction of sp³-hybridized carbons (Fsp3) is 0. The van der Waals surface area contributed by atoms with E-state index in [-0.39, 0.29) is 20.2 Å². The summed E-state index contributed by atoms with van der Waals surface area (Å²) in [6, 6.07) is 37.7. The first-order valence-corrected chi connectivity index (χ1v) is 14.0. The van der Waals surface area contributed by atoms with Crippen molar-refractivity contribution < 1.29 is 0 Å². The van der Waals surface area contributed by atoms with E-state index < -0.39 is 0 Å². The van der Waals surface area contributed by atoms with Crippen molar-refractivity contribution in [1.82, 2.24) is 9.97 Å². The molecule has 3 aromatic carbocycles. The van der Waals surface area contributed by atoms with E-state index in [1.54, 1.807) is 36.4 Å². The van der Waals surface area contributed by atoms with E-state index in [2.05, 4.69) is 9.97 Å². The Balaban J connectivity index is 1.21. The van der Waals surface area contributed by atoms with E-state index in [0.29, 0.717) is 22.5 Å². The molecule has 0 aliphatic carbocycles. The molecular weight excluding hydrogens is 533 g/mol. The van der Waals surface area contributed by atoms with Gasteiger partial charge in [-0.25, -0.2) is 9.97 Å². The SMILES string of the molecule is N=C(SC(=N)c1cccc(-c2ccccc2)n1)c1ccc(C(=N)SC(=N)c2cccc(-c3ccccc3)n2)cc1. The molecule has 0 radical (unpaired) electrons. The van der Waals surface area contributed by atoms with Gasteiger partial charge in [0.15, 0.2) is 0 Å². The number of pyridine rings is 2. The Morgan fingerprint density at radius 1 is 0.400 bits per heavy atom. The van der Waals surface area contributed by atoms with Crippen LogP contribution in [0.4, 0.5) is 0 Å². The minimum Gasteiger partial charge on any atom is -0.293 e. The highest BCUT2D eigenvalue weighted by Gasteiger charge is 2.14. The van der Waals surface area contributed by atoms with Gasteiger partial charge in [-0.2, -0.15) is 0 Å². The van der Waals surface area contributed by atoms with Gasteiger partial charge in [-0.05, 0) is 47.8 Å². The molecule has 5 aromatic rings. The lowest BCUT2D eigenvalue weighted by atomic mass is 10.1. The normalized spacial score (nSPS) is 10.6. The van der Waals surface area contributed by atoms with Crippen molar-refractivity contribution in [3.05, 3.63) is 144 Å². The molecule has 0 saturated heterocycles. The summed E-state index contributed by atoms with van der Waals surface area (Å²) in [5, 5.41) is 34.8. The Labute approximate surface area is 241 Å². The largest absolute Gasteiger partial charge is 0.293 e. The Morgan fingerprint density at radius 3 is 1.15 bits per heavy atom. The first-order chi connectivity index (χ1) is 19.5. The molecular formula is C32H24N6S2. The summed E-state index contributed by atoms with van der Waals surface area (Å²) < 4.78 is 0. The summed E-state index contributed by atoms with van der Waals surface area (Å²) in [5.74, 6) is 0. The molecule has 0 aliphatic heterocycles. The molecule has 0 atom stereocenters. The average molecular weight is 557 g/mol. The Morgan fingerprint density at radius 2 is 0.775 bits per heavy atom. The van der Waals surface area contributed by atoms with Crippen molar-refractivity contribution in [2.45, 2.75) is 0 Å². The second kappa shape index (κ2) is 12.5. The van der Waals surface area contributed by atoms with Crippen LogP contribution < -0.4 is 0 Å². The van der Waals surface area contributed by atoms with Gasteiger partial charge in [0.2, 0.25) is 0 Å². The molecule has 4 N–H and O–H groups in total. The summed E-state index contributed by atoms with van der Waals surface area (Å²) in [5.41, 5.74) is 5.81. The second-order valence-electron chi connectivity index (χ2n) is 8.65. The Bertz CT molecular complexity index is 1570. The van der Waals surface area contributed by atoms with Crippen LogP contribution in [0.1, 0.15) is 22.5 Å². The zero-order valence-corrected chi connectivity index (χ0v) is 22.9. The molecule has 6 nitrogen and oxygen atoms in total. The zero-order valence-electron chi connectivity index (χ0n) is 21.3. The summed E-state index contributed by atoms with van der Waals surface area (Å²) in [6.07, 6.45) is 0. The lowest BCUT2D eigenvalue weighted by Gasteiger charge is -2.09. The summed E-state index contributed by atoms with van der Waals surface area (Å²) in [4.78, 5) is 9.21. The molecule has 8 heteroatoms. The fourth-order valence-corrected chi connectivity index (χ4v) is 5.21. The van der Waals surface area contributed by atoms with Gasteiger partial charge in [0.1, 0.15) is 20.2 Å². The maximum atomic E-state index is 8.51. The first kappa shape index (κ1) is 26.9. The van der Waals surface area contributed by atoms with E-state index in [4.69, 9.17) is 21.6 Å². The molecule has 194 valence electrons. The van der Waals surface area contributed by atoms with E-state index in [0.717, 1.165) is 46.0 Å². The standard InChI is InChI=1S/C32H24N6S2/c33-29(39-31(35)27-15-7-13-25(37-27)21-9-3-1-4-10-21)23-17-19-24(20-18-23)30(34)40-32(36)28-16-8-14-26(38-28)22-11-5-2-6-12-22/h1-20,33-36H. The van der Waals surface area contributed by atoms with Gasteiger partial charge in [-0.3, -0.25) is 21.6 Å². The highest BCUT2D eigenvalue weighted by molar-refractivity contribution is 8.27. The molecule has 0 spiro atoms. The summed E-state index contributed by atoms with van der Waals surface area (Å²) in [6.45, 7) is 0. The van der Waals surface area contributed by atoms with Crippen LogP contribution in [0.3, 0.4) is 0 Å². The molecule has 0 bridgehead atoms. The number of benzene rings is 3. The average Bonchev–Trinajstić information content (AvgIpc) is 3.02. The molecule has 0 saturated carbocycles. The minimum absolute atomic E-state index is 0.189. The molecule has 5 rings (SSSR count). The topological polar surface area (TPSA) is 121 Å². The molecule has 2 aromatic heterocycles. The molecule has 40 heavy (non-hydrogen) atoms. The number of hydrogen-bond donors (Lipinski definition) is 4. The highest BCUT2D eigenvalue weighted by atomic mass is 32.2. The first-order valence-electron chi connectivity index (χ1n) is 12.3. The number of aromatic nitrogens is 2. The number of nitrogens with zero attached hydrogens (tertiary/aromatic N) is 2. The highest BCUT2D eigenvalue weighted by Crippen LogP contribution is 2.24. The monoisotopic (exact) mass is 556 g/mol. The van der Waals surface area contributed by atoms with Crippen LogP contribution in [-0.2, 0) is 0 Å². The fourth-order valence-electron chi connectivity index (χ4n) is 3.86. The van der Waals surface area contributed by atoms with E-state index in [1.807, 2.05) is 84.9 Å². The van der Waals surface area contributed by atoms with Crippen LogP contribution in [0.25, 0.3) is 22.5 Å². The van der Waals surface area contributed by atoms with E-state index >= 15 is 0 Å². The summed E-state index contributed by atoms with van der Waals surface area (Å²) in [7, 11) is 0. The van der Waals surface area contributed by atoms with Crippen LogP contribution in [-0.4, -0.2) is 30.1 Å². The second-order valence-corrected chi connectivity index (χ2v) is 10.7. The predicted octanol–water partition coefficient (Wildman–Crippen LogP) is 7.98. The van der Waals surface area contributed by atoms with Gasteiger partial charge in [-0.1, -0.05) is 97.1 Å². The maximum absolute atomic E-state index is 8.51. The lowest BCUT2D eigenvalue weighted by molar-refractivity contribution is 1.29. The van der Waals surface area contributed by atoms with Gasteiger partial charge in [0.05, 0.1) is 22.8 Å². The molecule has 0 unspecified atom stereocenters. The number of thioether (sulfide) groups is 2. The lowest BCUT2D eigenvalue weighted by Crippen LogP contribution is -2.05. The van der Waals surface area contributed by atoms with Crippen LogP contribution in [0.15, 0.2) is 121 Å². The van der Waals surface area contributed by atoms with Gasteiger partial charge in [0.25, 0.3) is 0 Å². The summed E-state index contributed by atoms with van der Waals surface area (Å²) >= 11 is 2.07. The Kier molecular flexibility index (Phi) is 8.39. The molecule has 0 fully saturated rings. The minimum atomic E-state index is 0.189. The van der Waals surface area contributed by atoms with Crippen molar-refractivity contribution in [3.63, 3.8) is 0 Å². The van der Waals surface area contributed by atoms with Gasteiger partial charge in [-0.15, -0.1) is 0 Å². The van der Waals surface area contributed by atoms with Crippen molar-refractivity contribution in [2.75, 3.05) is 0 Å². The molecule has 2 heterocycles. The Hall–Kier alpha value is -4.66. The number of hydrogen-bond acceptors (Lipinski definition) is 8. The van der Waals surface area contributed by atoms with Crippen LogP contribution in [0.2, 0.25) is 0 Å². The van der Waals surface area contributed by atoms with E-state index in [1.165, 1.54) is 0 Å².